The van der Waals surface area contributed by atoms with E-state index in [1.165, 1.54) is 12.8 Å². The number of nitrogen functional groups attached to an aromatic ring is 1. The smallest absolute Gasteiger partial charge is 0.135 e. The molecule has 1 unspecified atom stereocenters. The first-order valence-electron chi connectivity index (χ1n) is 4.35. The molecule has 70 valence electrons. The van der Waals surface area contributed by atoms with Crippen molar-refractivity contribution in [2.24, 2.45) is 11.7 Å². The van der Waals surface area contributed by atoms with Gasteiger partial charge in [0.1, 0.15) is 5.15 Å². The van der Waals surface area contributed by atoms with Crippen molar-refractivity contribution in [2.45, 2.75) is 18.9 Å². The maximum Gasteiger partial charge on any atom is 0.135 e. The van der Waals surface area contributed by atoms with Gasteiger partial charge in [0.05, 0.1) is 0 Å². The lowest BCUT2D eigenvalue weighted by Crippen LogP contribution is -2.15. The number of rotatable bonds is 2. The Morgan fingerprint density at radius 3 is 2.77 bits per heavy atom. The minimum absolute atomic E-state index is 0.0406. The van der Waals surface area contributed by atoms with Crippen molar-refractivity contribution in [1.82, 2.24) is 4.98 Å². The van der Waals surface area contributed by atoms with Crippen molar-refractivity contribution < 1.29 is 0 Å². The monoisotopic (exact) mass is 197 g/mol. The zero-order chi connectivity index (χ0) is 9.42. The number of nitrogens with zero attached hydrogens (tertiary/aromatic N) is 1. The highest BCUT2D eigenvalue weighted by molar-refractivity contribution is 6.30. The Morgan fingerprint density at radius 1 is 1.54 bits per heavy atom. The molecule has 1 fully saturated rings. The van der Waals surface area contributed by atoms with Gasteiger partial charge in [0.15, 0.2) is 0 Å². The molecular formula is C9H12ClN3. The zero-order valence-electron chi connectivity index (χ0n) is 7.20. The number of hydrogen-bond acceptors (Lipinski definition) is 3. The molecular weight excluding hydrogens is 186 g/mol. The Bertz CT molecular complexity index is 302. The van der Waals surface area contributed by atoms with E-state index in [0.29, 0.717) is 16.8 Å². The van der Waals surface area contributed by atoms with Gasteiger partial charge >= 0.3 is 0 Å². The van der Waals surface area contributed by atoms with Gasteiger partial charge in [-0.25, -0.2) is 4.98 Å². The van der Waals surface area contributed by atoms with E-state index in [4.69, 9.17) is 23.1 Å². The fourth-order valence-electron chi connectivity index (χ4n) is 1.48. The van der Waals surface area contributed by atoms with E-state index in [1.807, 2.05) is 0 Å². The van der Waals surface area contributed by atoms with Crippen LogP contribution in [0.2, 0.25) is 5.15 Å². The number of hydrogen-bond donors (Lipinski definition) is 2. The summed E-state index contributed by atoms with van der Waals surface area (Å²) in [6, 6.07) is 1.70. The summed E-state index contributed by atoms with van der Waals surface area (Å²) in [4.78, 5) is 3.98. The van der Waals surface area contributed by atoms with Gasteiger partial charge in [0.25, 0.3) is 0 Å². The first kappa shape index (κ1) is 8.78. The van der Waals surface area contributed by atoms with Crippen LogP contribution < -0.4 is 11.5 Å². The summed E-state index contributed by atoms with van der Waals surface area (Å²) < 4.78 is 0. The molecule has 2 rings (SSSR count). The molecule has 0 bridgehead atoms. The van der Waals surface area contributed by atoms with Crippen molar-refractivity contribution in [3.05, 3.63) is 23.0 Å². The maximum atomic E-state index is 6.00. The van der Waals surface area contributed by atoms with Crippen LogP contribution in [0.4, 0.5) is 5.69 Å². The maximum absolute atomic E-state index is 6.00. The highest BCUT2D eigenvalue weighted by Crippen LogP contribution is 2.42. The number of anilines is 1. The van der Waals surface area contributed by atoms with E-state index in [0.717, 1.165) is 5.56 Å². The van der Waals surface area contributed by atoms with Crippen LogP contribution in [0.5, 0.6) is 0 Å². The molecule has 4 N–H and O–H groups in total. The fourth-order valence-corrected chi connectivity index (χ4v) is 1.77. The zero-order valence-corrected chi connectivity index (χ0v) is 7.96. The van der Waals surface area contributed by atoms with Crippen LogP contribution in [-0.4, -0.2) is 4.98 Å². The van der Waals surface area contributed by atoms with E-state index >= 15 is 0 Å². The molecule has 1 saturated carbocycles. The first-order valence-corrected chi connectivity index (χ1v) is 4.73. The molecule has 0 amide bonds. The van der Waals surface area contributed by atoms with Crippen LogP contribution in [0, 0.1) is 5.92 Å². The predicted molar refractivity (Wildman–Crippen MR) is 53.3 cm³/mol. The molecule has 1 heterocycles. The lowest BCUT2D eigenvalue weighted by molar-refractivity contribution is 0.633. The summed E-state index contributed by atoms with van der Waals surface area (Å²) in [6.07, 6.45) is 3.94. The number of halogens is 1. The SMILES string of the molecule is Nc1ccnc(Cl)c1C(N)C1CC1. The number of nitrogens with two attached hydrogens (primary N) is 2. The van der Waals surface area contributed by atoms with Gasteiger partial charge in [-0.3, -0.25) is 0 Å². The Labute approximate surface area is 82.1 Å². The van der Waals surface area contributed by atoms with Crippen molar-refractivity contribution in [3.63, 3.8) is 0 Å². The Hall–Kier alpha value is -0.800. The molecule has 4 heteroatoms. The minimum Gasteiger partial charge on any atom is -0.398 e. The van der Waals surface area contributed by atoms with Crippen molar-refractivity contribution in [1.29, 1.82) is 0 Å². The van der Waals surface area contributed by atoms with Gasteiger partial charge < -0.3 is 11.5 Å². The van der Waals surface area contributed by atoms with E-state index in [2.05, 4.69) is 4.98 Å². The molecule has 0 spiro atoms. The quantitative estimate of drug-likeness (QED) is 0.710. The minimum atomic E-state index is -0.0406. The topological polar surface area (TPSA) is 64.9 Å². The molecule has 1 aromatic rings. The fraction of sp³-hybridized carbons (Fsp3) is 0.444. The summed E-state index contributed by atoms with van der Waals surface area (Å²) >= 11 is 5.93. The summed E-state index contributed by atoms with van der Waals surface area (Å²) in [7, 11) is 0. The highest BCUT2D eigenvalue weighted by atomic mass is 35.5. The van der Waals surface area contributed by atoms with E-state index in [9.17, 15) is 0 Å². The van der Waals surface area contributed by atoms with Crippen molar-refractivity contribution in [2.75, 3.05) is 5.73 Å². The van der Waals surface area contributed by atoms with Crippen LogP contribution in [0.15, 0.2) is 12.3 Å². The number of aromatic nitrogens is 1. The molecule has 0 saturated heterocycles. The second-order valence-corrected chi connectivity index (χ2v) is 3.83. The third kappa shape index (κ3) is 1.62. The van der Waals surface area contributed by atoms with Crippen LogP contribution >= 0.6 is 11.6 Å². The van der Waals surface area contributed by atoms with Crippen LogP contribution in [0.3, 0.4) is 0 Å². The van der Waals surface area contributed by atoms with Crippen LogP contribution in [-0.2, 0) is 0 Å². The Balaban J connectivity index is 2.36. The van der Waals surface area contributed by atoms with Crippen LogP contribution in [0.1, 0.15) is 24.4 Å². The van der Waals surface area contributed by atoms with Gasteiger partial charge in [0, 0.05) is 23.5 Å². The molecule has 13 heavy (non-hydrogen) atoms. The van der Waals surface area contributed by atoms with E-state index in [1.54, 1.807) is 12.3 Å². The predicted octanol–water partition coefficient (Wildman–Crippen LogP) is 1.73. The number of pyridine rings is 1. The molecule has 0 radical (unpaired) electrons. The van der Waals surface area contributed by atoms with Gasteiger partial charge in [-0.1, -0.05) is 11.6 Å². The average Bonchev–Trinajstić information content (AvgIpc) is 2.85. The van der Waals surface area contributed by atoms with Crippen molar-refractivity contribution >= 4 is 17.3 Å². The second kappa shape index (κ2) is 3.16. The lowest BCUT2D eigenvalue weighted by Gasteiger charge is -2.13. The Morgan fingerprint density at radius 2 is 2.23 bits per heavy atom. The van der Waals surface area contributed by atoms with E-state index < -0.39 is 0 Å². The van der Waals surface area contributed by atoms with E-state index in [-0.39, 0.29) is 6.04 Å². The largest absolute Gasteiger partial charge is 0.398 e. The average molecular weight is 198 g/mol. The van der Waals surface area contributed by atoms with Crippen molar-refractivity contribution in [3.8, 4) is 0 Å². The standard InChI is InChI=1S/C9H12ClN3/c10-9-7(6(11)3-4-13-9)8(12)5-1-2-5/h3-5,8H,1-2,12H2,(H2,11,13). The molecule has 0 aliphatic heterocycles. The molecule has 0 aromatic carbocycles. The summed E-state index contributed by atoms with van der Waals surface area (Å²) in [6.45, 7) is 0. The summed E-state index contributed by atoms with van der Waals surface area (Å²) in [5, 5.41) is 0.444. The third-order valence-electron chi connectivity index (χ3n) is 2.44. The highest BCUT2D eigenvalue weighted by Gasteiger charge is 2.32. The third-order valence-corrected chi connectivity index (χ3v) is 2.74. The Kier molecular flexibility index (Phi) is 2.14. The lowest BCUT2D eigenvalue weighted by atomic mass is 10.0. The molecule has 1 aromatic heterocycles. The van der Waals surface area contributed by atoms with Gasteiger partial charge in [-0.05, 0) is 24.8 Å². The normalized spacial score (nSPS) is 18.6. The van der Waals surface area contributed by atoms with Gasteiger partial charge in [0.2, 0.25) is 0 Å². The molecule has 1 aliphatic rings. The van der Waals surface area contributed by atoms with Gasteiger partial charge in [-0.15, -0.1) is 0 Å². The second-order valence-electron chi connectivity index (χ2n) is 3.47. The first-order chi connectivity index (χ1) is 6.20. The molecule has 1 atom stereocenters. The summed E-state index contributed by atoms with van der Waals surface area (Å²) in [5.74, 6) is 0.545. The molecule has 1 aliphatic carbocycles. The van der Waals surface area contributed by atoms with Crippen LogP contribution in [0.25, 0.3) is 0 Å². The summed E-state index contributed by atoms with van der Waals surface area (Å²) in [5.41, 5.74) is 13.2. The molecule has 3 nitrogen and oxygen atoms in total. The van der Waals surface area contributed by atoms with Gasteiger partial charge in [-0.2, -0.15) is 0 Å².